The van der Waals surface area contributed by atoms with Gasteiger partial charge in [0.25, 0.3) is 0 Å². The molecule has 1 unspecified atom stereocenters. The smallest absolute Gasteiger partial charge is 0.151 e. The standard InChI is InChI=1S/C12H20N4/c1-15-7-5-10(9-15)8-11-13-12-4-2-3-6-16(12)14-11/h10H,2-9H2,1H3. The molecule has 0 amide bonds. The summed E-state index contributed by atoms with van der Waals surface area (Å²) in [5, 5.41) is 4.63. The van der Waals surface area contributed by atoms with Crippen molar-refractivity contribution in [1.29, 1.82) is 0 Å². The Hall–Kier alpha value is -0.900. The maximum Gasteiger partial charge on any atom is 0.151 e. The van der Waals surface area contributed by atoms with Gasteiger partial charge in [0.15, 0.2) is 5.82 Å². The van der Waals surface area contributed by atoms with Crippen LogP contribution in [0.4, 0.5) is 0 Å². The van der Waals surface area contributed by atoms with Crippen LogP contribution in [0.2, 0.25) is 0 Å². The monoisotopic (exact) mass is 220 g/mol. The van der Waals surface area contributed by atoms with E-state index in [9.17, 15) is 0 Å². The third kappa shape index (κ3) is 1.98. The molecule has 1 fully saturated rings. The molecule has 3 rings (SSSR count). The van der Waals surface area contributed by atoms with Crippen molar-refractivity contribution in [2.24, 2.45) is 5.92 Å². The van der Waals surface area contributed by atoms with Crippen LogP contribution in [0.5, 0.6) is 0 Å². The van der Waals surface area contributed by atoms with Gasteiger partial charge in [-0.15, -0.1) is 0 Å². The van der Waals surface area contributed by atoms with Gasteiger partial charge in [0.2, 0.25) is 0 Å². The second-order valence-corrected chi connectivity index (χ2v) is 5.25. The van der Waals surface area contributed by atoms with Crippen molar-refractivity contribution >= 4 is 0 Å². The minimum absolute atomic E-state index is 0.773. The lowest BCUT2D eigenvalue weighted by atomic mass is 10.1. The second kappa shape index (κ2) is 4.17. The summed E-state index contributed by atoms with van der Waals surface area (Å²) in [6.45, 7) is 3.52. The zero-order chi connectivity index (χ0) is 11.0. The predicted molar refractivity (Wildman–Crippen MR) is 62.3 cm³/mol. The van der Waals surface area contributed by atoms with Crippen LogP contribution in [-0.4, -0.2) is 39.8 Å². The Morgan fingerprint density at radius 2 is 2.25 bits per heavy atom. The molecule has 3 heterocycles. The first-order valence-corrected chi connectivity index (χ1v) is 6.42. The van der Waals surface area contributed by atoms with E-state index >= 15 is 0 Å². The first-order chi connectivity index (χ1) is 7.81. The molecule has 2 aliphatic heterocycles. The Kier molecular flexibility index (Phi) is 2.67. The molecule has 2 aliphatic rings. The van der Waals surface area contributed by atoms with Crippen molar-refractivity contribution in [2.75, 3.05) is 20.1 Å². The number of likely N-dealkylation sites (tertiary alicyclic amines) is 1. The van der Waals surface area contributed by atoms with Crippen LogP contribution in [-0.2, 0) is 19.4 Å². The lowest BCUT2D eigenvalue weighted by Gasteiger charge is -2.10. The van der Waals surface area contributed by atoms with Crippen molar-refractivity contribution in [3.63, 3.8) is 0 Å². The van der Waals surface area contributed by atoms with Gasteiger partial charge in [-0.2, -0.15) is 5.10 Å². The minimum atomic E-state index is 0.773. The molecular weight excluding hydrogens is 200 g/mol. The molecule has 0 aromatic carbocycles. The molecule has 0 aliphatic carbocycles. The Bertz CT molecular complexity index is 348. The Morgan fingerprint density at radius 3 is 3.00 bits per heavy atom. The largest absolute Gasteiger partial charge is 0.306 e. The number of hydrogen-bond acceptors (Lipinski definition) is 3. The third-order valence-electron chi connectivity index (χ3n) is 3.77. The highest BCUT2D eigenvalue weighted by molar-refractivity contribution is 4.97. The van der Waals surface area contributed by atoms with Gasteiger partial charge in [-0.3, -0.25) is 0 Å². The maximum atomic E-state index is 4.67. The first kappa shape index (κ1) is 10.3. The molecule has 1 saturated heterocycles. The number of hydrogen-bond donors (Lipinski definition) is 0. The highest BCUT2D eigenvalue weighted by Crippen LogP contribution is 2.19. The summed E-state index contributed by atoms with van der Waals surface area (Å²) in [6, 6.07) is 0. The van der Waals surface area contributed by atoms with Crippen LogP contribution in [0.3, 0.4) is 0 Å². The summed E-state index contributed by atoms with van der Waals surface area (Å²) >= 11 is 0. The topological polar surface area (TPSA) is 34.0 Å². The van der Waals surface area contributed by atoms with Crippen molar-refractivity contribution in [2.45, 2.75) is 38.6 Å². The number of rotatable bonds is 2. The summed E-state index contributed by atoms with van der Waals surface area (Å²) in [5.74, 6) is 3.07. The fraction of sp³-hybridized carbons (Fsp3) is 0.833. The zero-order valence-electron chi connectivity index (χ0n) is 10.0. The van der Waals surface area contributed by atoms with Gasteiger partial charge in [0.1, 0.15) is 5.82 Å². The van der Waals surface area contributed by atoms with Gasteiger partial charge in [-0.05, 0) is 38.8 Å². The molecular formula is C12H20N4. The molecule has 1 aromatic rings. The van der Waals surface area contributed by atoms with Crippen LogP contribution < -0.4 is 0 Å². The lowest BCUT2D eigenvalue weighted by molar-refractivity contribution is 0.392. The fourth-order valence-corrected chi connectivity index (χ4v) is 2.87. The average molecular weight is 220 g/mol. The normalized spacial score (nSPS) is 25.9. The van der Waals surface area contributed by atoms with Crippen LogP contribution in [0.1, 0.15) is 30.9 Å². The summed E-state index contributed by atoms with van der Waals surface area (Å²) in [4.78, 5) is 7.08. The minimum Gasteiger partial charge on any atom is -0.306 e. The number of aryl methyl sites for hydroxylation is 2. The van der Waals surface area contributed by atoms with Crippen molar-refractivity contribution in [3.8, 4) is 0 Å². The maximum absolute atomic E-state index is 4.67. The molecule has 0 N–H and O–H groups in total. The molecule has 1 atom stereocenters. The van der Waals surface area contributed by atoms with Crippen LogP contribution in [0, 0.1) is 5.92 Å². The Labute approximate surface area is 96.7 Å². The highest BCUT2D eigenvalue weighted by atomic mass is 15.3. The van der Waals surface area contributed by atoms with E-state index < -0.39 is 0 Å². The molecule has 1 aromatic heterocycles. The Morgan fingerprint density at radius 1 is 1.31 bits per heavy atom. The number of fused-ring (bicyclic) bond motifs is 1. The van der Waals surface area contributed by atoms with Crippen LogP contribution >= 0.6 is 0 Å². The number of nitrogens with zero attached hydrogens (tertiary/aromatic N) is 4. The van der Waals surface area contributed by atoms with E-state index in [1.165, 1.54) is 38.2 Å². The van der Waals surface area contributed by atoms with Gasteiger partial charge < -0.3 is 4.90 Å². The molecule has 4 nitrogen and oxygen atoms in total. The highest BCUT2D eigenvalue weighted by Gasteiger charge is 2.22. The van der Waals surface area contributed by atoms with Gasteiger partial charge in [0, 0.05) is 25.9 Å². The second-order valence-electron chi connectivity index (χ2n) is 5.25. The van der Waals surface area contributed by atoms with Gasteiger partial charge >= 0.3 is 0 Å². The molecule has 0 bridgehead atoms. The van der Waals surface area contributed by atoms with Gasteiger partial charge in [-0.25, -0.2) is 9.67 Å². The van der Waals surface area contributed by atoms with Gasteiger partial charge in [0.05, 0.1) is 0 Å². The Balaban J connectivity index is 1.68. The van der Waals surface area contributed by atoms with Gasteiger partial charge in [-0.1, -0.05) is 0 Å². The fourth-order valence-electron chi connectivity index (χ4n) is 2.87. The summed E-state index contributed by atoms with van der Waals surface area (Å²) < 4.78 is 2.12. The van der Waals surface area contributed by atoms with Crippen molar-refractivity contribution < 1.29 is 0 Å². The van der Waals surface area contributed by atoms with E-state index in [-0.39, 0.29) is 0 Å². The molecule has 88 valence electrons. The average Bonchev–Trinajstić information content (AvgIpc) is 2.84. The summed E-state index contributed by atoms with van der Waals surface area (Å²) in [7, 11) is 2.20. The zero-order valence-corrected chi connectivity index (χ0v) is 10.0. The predicted octanol–water partition coefficient (Wildman–Crippen LogP) is 1.11. The van der Waals surface area contributed by atoms with Crippen LogP contribution in [0.25, 0.3) is 0 Å². The van der Waals surface area contributed by atoms with Crippen LogP contribution in [0.15, 0.2) is 0 Å². The van der Waals surface area contributed by atoms with E-state index in [0.29, 0.717) is 0 Å². The molecule has 0 spiro atoms. The molecule has 16 heavy (non-hydrogen) atoms. The summed E-state index contributed by atoms with van der Waals surface area (Å²) in [6.07, 6.45) is 6.05. The SMILES string of the molecule is CN1CCC(Cc2nc3n(n2)CCCC3)C1. The third-order valence-corrected chi connectivity index (χ3v) is 3.77. The number of aromatic nitrogens is 3. The van der Waals surface area contributed by atoms with E-state index in [4.69, 9.17) is 0 Å². The van der Waals surface area contributed by atoms with E-state index in [1.54, 1.807) is 0 Å². The molecule has 0 radical (unpaired) electrons. The lowest BCUT2D eigenvalue weighted by Crippen LogP contribution is -2.15. The quantitative estimate of drug-likeness (QED) is 0.748. The van der Waals surface area contributed by atoms with E-state index in [1.807, 2.05) is 0 Å². The van der Waals surface area contributed by atoms with E-state index in [2.05, 4.69) is 26.7 Å². The summed E-state index contributed by atoms with van der Waals surface area (Å²) in [5.41, 5.74) is 0. The molecule has 4 heteroatoms. The first-order valence-electron chi connectivity index (χ1n) is 6.42. The van der Waals surface area contributed by atoms with E-state index in [0.717, 1.165) is 31.1 Å². The molecule has 0 saturated carbocycles. The van der Waals surface area contributed by atoms with Crippen molar-refractivity contribution in [3.05, 3.63) is 11.6 Å². The van der Waals surface area contributed by atoms with Crippen molar-refractivity contribution in [1.82, 2.24) is 19.7 Å².